The predicted molar refractivity (Wildman–Crippen MR) is 131 cm³/mol. The summed E-state index contributed by atoms with van der Waals surface area (Å²) in [5.41, 5.74) is 2.24. The standard InChI is InChI=1S/C25H19N3O2S2/c1-2-15-27-24(30)17-9-3-4-10-18(17)26-25(27)31-16-23(29)28-19-11-5-7-13-21(19)32-22-14-8-6-12-20(22)28/h2-14H,1,15-16H2. The van der Waals surface area contributed by atoms with Crippen LogP contribution in [0.25, 0.3) is 10.9 Å². The lowest BCUT2D eigenvalue weighted by atomic mass is 10.2. The Morgan fingerprint density at radius 3 is 2.28 bits per heavy atom. The Labute approximate surface area is 193 Å². The summed E-state index contributed by atoms with van der Waals surface area (Å²) in [4.78, 5) is 35.0. The van der Waals surface area contributed by atoms with Gasteiger partial charge in [-0.15, -0.1) is 6.58 Å². The molecule has 4 aromatic rings. The number of hydrogen-bond acceptors (Lipinski definition) is 5. The Hall–Kier alpha value is -3.29. The second kappa shape index (κ2) is 8.68. The number of allylic oxidation sites excluding steroid dienone is 1. The maximum absolute atomic E-state index is 13.5. The first-order chi connectivity index (χ1) is 15.7. The average Bonchev–Trinajstić information content (AvgIpc) is 2.83. The van der Waals surface area contributed by atoms with Crippen molar-refractivity contribution in [1.82, 2.24) is 9.55 Å². The molecular weight excluding hydrogens is 438 g/mol. The van der Waals surface area contributed by atoms with Gasteiger partial charge in [-0.05, 0) is 36.4 Å². The van der Waals surface area contributed by atoms with Crippen LogP contribution in [0.1, 0.15) is 0 Å². The zero-order valence-electron chi connectivity index (χ0n) is 17.1. The van der Waals surface area contributed by atoms with Gasteiger partial charge in [0.1, 0.15) is 0 Å². The van der Waals surface area contributed by atoms with Crippen molar-refractivity contribution in [3.8, 4) is 0 Å². The summed E-state index contributed by atoms with van der Waals surface area (Å²) in [7, 11) is 0. The number of amides is 1. The van der Waals surface area contributed by atoms with Gasteiger partial charge in [0, 0.05) is 16.3 Å². The lowest BCUT2D eigenvalue weighted by Gasteiger charge is -2.31. The number of hydrogen-bond donors (Lipinski definition) is 0. The normalized spacial score (nSPS) is 12.3. The van der Waals surface area contributed by atoms with E-state index in [1.807, 2.05) is 66.7 Å². The molecule has 1 aliphatic rings. The molecule has 5 rings (SSSR count). The fraction of sp³-hybridized carbons (Fsp3) is 0.0800. The Bertz CT molecular complexity index is 1370. The molecule has 0 N–H and O–H groups in total. The van der Waals surface area contributed by atoms with Crippen LogP contribution in [0.4, 0.5) is 11.4 Å². The zero-order valence-corrected chi connectivity index (χ0v) is 18.7. The first kappa shape index (κ1) is 20.6. The smallest absolute Gasteiger partial charge is 0.262 e. The number of fused-ring (bicyclic) bond motifs is 3. The van der Waals surface area contributed by atoms with E-state index in [1.165, 1.54) is 11.8 Å². The van der Waals surface area contributed by atoms with Crippen molar-refractivity contribution in [1.29, 1.82) is 0 Å². The molecule has 3 aromatic carbocycles. The minimum atomic E-state index is -0.129. The number of anilines is 2. The lowest BCUT2D eigenvalue weighted by molar-refractivity contribution is -0.115. The van der Waals surface area contributed by atoms with Crippen molar-refractivity contribution in [3.63, 3.8) is 0 Å². The average molecular weight is 458 g/mol. The van der Waals surface area contributed by atoms with Crippen LogP contribution < -0.4 is 10.5 Å². The molecule has 7 heteroatoms. The monoisotopic (exact) mass is 457 g/mol. The number of aromatic nitrogens is 2. The van der Waals surface area contributed by atoms with Gasteiger partial charge in [-0.3, -0.25) is 19.1 Å². The van der Waals surface area contributed by atoms with E-state index in [0.29, 0.717) is 22.6 Å². The van der Waals surface area contributed by atoms with Crippen molar-refractivity contribution >= 4 is 51.7 Å². The highest BCUT2D eigenvalue weighted by Crippen LogP contribution is 2.48. The molecule has 1 aromatic heterocycles. The van der Waals surface area contributed by atoms with E-state index in [1.54, 1.807) is 33.4 Å². The Kier molecular flexibility index (Phi) is 5.59. The third-order valence-electron chi connectivity index (χ3n) is 5.14. The first-order valence-electron chi connectivity index (χ1n) is 10.1. The van der Waals surface area contributed by atoms with Crippen molar-refractivity contribution in [2.75, 3.05) is 10.7 Å². The number of benzene rings is 3. The van der Waals surface area contributed by atoms with Gasteiger partial charge in [-0.1, -0.05) is 66.0 Å². The molecule has 158 valence electrons. The van der Waals surface area contributed by atoms with Crippen molar-refractivity contribution in [2.24, 2.45) is 0 Å². The molecule has 0 saturated carbocycles. The number of nitrogens with zero attached hydrogens (tertiary/aromatic N) is 3. The van der Waals surface area contributed by atoms with Gasteiger partial charge in [0.2, 0.25) is 5.91 Å². The van der Waals surface area contributed by atoms with Crippen LogP contribution in [-0.4, -0.2) is 21.2 Å². The summed E-state index contributed by atoms with van der Waals surface area (Å²) >= 11 is 2.93. The highest BCUT2D eigenvalue weighted by Gasteiger charge is 2.28. The molecule has 0 atom stereocenters. The van der Waals surface area contributed by atoms with Crippen molar-refractivity contribution in [3.05, 3.63) is 95.8 Å². The van der Waals surface area contributed by atoms with Crippen LogP contribution in [0, 0.1) is 0 Å². The molecule has 1 aliphatic heterocycles. The quantitative estimate of drug-likeness (QED) is 0.225. The van der Waals surface area contributed by atoms with Crippen LogP contribution in [0.2, 0.25) is 0 Å². The van der Waals surface area contributed by atoms with E-state index in [9.17, 15) is 9.59 Å². The third-order valence-corrected chi connectivity index (χ3v) is 7.24. The fourth-order valence-electron chi connectivity index (χ4n) is 3.71. The molecule has 0 radical (unpaired) electrons. The SMILES string of the molecule is C=CCn1c(SCC(=O)N2c3ccccc3Sc3ccccc32)nc2ccccc2c1=O. The fourth-order valence-corrected chi connectivity index (χ4v) is 5.63. The summed E-state index contributed by atoms with van der Waals surface area (Å²) in [5.74, 6) is 0.0812. The molecule has 2 heterocycles. The van der Waals surface area contributed by atoms with E-state index in [2.05, 4.69) is 11.6 Å². The number of carbonyl (C=O) groups is 1. The van der Waals surface area contributed by atoms with Gasteiger partial charge < -0.3 is 0 Å². The molecular formula is C25H19N3O2S2. The summed E-state index contributed by atoms with van der Waals surface area (Å²) < 4.78 is 1.57. The molecule has 32 heavy (non-hydrogen) atoms. The van der Waals surface area contributed by atoms with Gasteiger partial charge in [0.25, 0.3) is 5.56 Å². The van der Waals surface area contributed by atoms with Gasteiger partial charge in [0.15, 0.2) is 5.16 Å². The summed E-state index contributed by atoms with van der Waals surface area (Å²) in [6.45, 7) is 4.10. The van der Waals surface area contributed by atoms with Gasteiger partial charge in [-0.25, -0.2) is 4.98 Å². The highest BCUT2D eigenvalue weighted by atomic mass is 32.2. The molecule has 0 spiro atoms. The second-order valence-corrected chi connectivity index (χ2v) is 9.20. The van der Waals surface area contributed by atoms with E-state index >= 15 is 0 Å². The third kappa shape index (κ3) is 3.63. The van der Waals surface area contributed by atoms with E-state index in [4.69, 9.17) is 0 Å². The van der Waals surface area contributed by atoms with Crippen LogP contribution >= 0.6 is 23.5 Å². The van der Waals surface area contributed by atoms with Crippen molar-refractivity contribution in [2.45, 2.75) is 21.5 Å². The molecule has 0 bridgehead atoms. The Balaban J connectivity index is 1.50. The number of rotatable bonds is 5. The van der Waals surface area contributed by atoms with Gasteiger partial charge in [0.05, 0.1) is 28.0 Å². The zero-order chi connectivity index (χ0) is 22.1. The number of thioether (sulfide) groups is 1. The number of carbonyl (C=O) groups excluding carboxylic acids is 1. The molecule has 0 fully saturated rings. The molecule has 5 nitrogen and oxygen atoms in total. The Morgan fingerprint density at radius 1 is 0.969 bits per heavy atom. The molecule has 0 saturated heterocycles. The van der Waals surface area contributed by atoms with Crippen molar-refractivity contribution < 1.29 is 4.79 Å². The number of para-hydroxylation sites is 3. The Morgan fingerprint density at radius 2 is 1.59 bits per heavy atom. The maximum atomic E-state index is 13.5. The lowest BCUT2D eigenvalue weighted by Crippen LogP contribution is -2.30. The minimum absolute atomic E-state index is 0.0669. The van der Waals surface area contributed by atoms with Gasteiger partial charge >= 0.3 is 0 Å². The summed E-state index contributed by atoms with van der Waals surface area (Å²) in [6, 6.07) is 23.1. The van der Waals surface area contributed by atoms with E-state index in [-0.39, 0.29) is 17.2 Å². The second-order valence-electron chi connectivity index (χ2n) is 7.17. The summed E-state index contributed by atoms with van der Waals surface area (Å²) in [5, 5.41) is 1.07. The van der Waals surface area contributed by atoms with Crippen LogP contribution in [0.5, 0.6) is 0 Å². The molecule has 0 aliphatic carbocycles. The van der Waals surface area contributed by atoms with Crippen LogP contribution in [0.3, 0.4) is 0 Å². The predicted octanol–water partition coefficient (Wildman–Crippen LogP) is 5.50. The van der Waals surface area contributed by atoms with Gasteiger partial charge in [-0.2, -0.15) is 0 Å². The van der Waals surface area contributed by atoms with Crippen LogP contribution in [0.15, 0.2) is 105 Å². The first-order valence-corrected chi connectivity index (χ1v) is 11.9. The van der Waals surface area contributed by atoms with E-state index in [0.717, 1.165) is 21.2 Å². The largest absolute Gasteiger partial charge is 0.283 e. The highest BCUT2D eigenvalue weighted by molar-refractivity contribution is 8.00. The maximum Gasteiger partial charge on any atom is 0.262 e. The summed E-state index contributed by atoms with van der Waals surface area (Å²) in [6.07, 6.45) is 1.66. The molecule has 1 amide bonds. The minimum Gasteiger partial charge on any atom is -0.283 e. The topological polar surface area (TPSA) is 55.2 Å². The van der Waals surface area contributed by atoms with Crippen LogP contribution in [-0.2, 0) is 11.3 Å². The van der Waals surface area contributed by atoms with E-state index < -0.39 is 0 Å². The molecule has 0 unspecified atom stereocenters.